The van der Waals surface area contributed by atoms with Crippen molar-refractivity contribution in [2.24, 2.45) is 0 Å². The van der Waals surface area contributed by atoms with Gasteiger partial charge in [0.2, 0.25) is 0 Å². The van der Waals surface area contributed by atoms with E-state index in [9.17, 15) is 4.39 Å². The minimum Gasteiger partial charge on any atom is -0.496 e. The van der Waals surface area contributed by atoms with Crippen molar-refractivity contribution in [2.45, 2.75) is 26.2 Å². The van der Waals surface area contributed by atoms with Gasteiger partial charge in [0.25, 0.3) is 0 Å². The number of nitrogens with one attached hydrogen (secondary N) is 1. The third-order valence-corrected chi connectivity index (χ3v) is 6.34. The number of ether oxygens (including phenoxy) is 1. The zero-order valence-corrected chi connectivity index (χ0v) is 18.1. The highest BCUT2D eigenvalue weighted by molar-refractivity contribution is 5.84. The van der Waals surface area contributed by atoms with E-state index in [1.807, 2.05) is 18.2 Å². The normalized spacial score (nSPS) is 15.7. The molecule has 0 saturated carbocycles. The molecular weight excluding hydrogens is 377 g/mol. The van der Waals surface area contributed by atoms with Gasteiger partial charge in [-0.2, -0.15) is 0 Å². The van der Waals surface area contributed by atoms with Crippen LogP contribution in [0.4, 0.5) is 4.39 Å². The lowest BCUT2D eigenvalue weighted by Gasteiger charge is -2.34. The lowest BCUT2D eigenvalue weighted by Crippen LogP contribution is -2.47. The molecule has 1 N–H and O–H groups in total. The van der Waals surface area contributed by atoms with Crippen molar-refractivity contribution in [1.82, 2.24) is 14.8 Å². The molecule has 4 rings (SSSR count). The van der Waals surface area contributed by atoms with Crippen LogP contribution < -0.4 is 4.74 Å². The molecule has 1 aliphatic heterocycles. The summed E-state index contributed by atoms with van der Waals surface area (Å²) in [5.41, 5.74) is 4.69. The lowest BCUT2D eigenvalue weighted by molar-refractivity contribution is 0.132. The molecule has 0 radical (unpaired) electrons. The van der Waals surface area contributed by atoms with Crippen LogP contribution >= 0.6 is 0 Å². The van der Waals surface area contributed by atoms with Crippen molar-refractivity contribution in [1.29, 1.82) is 0 Å². The van der Waals surface area contributed by atoms with Gasteiger partial charge in [-0.1, -0.05) is 18.2 Å². The number of hydrogen-bond acceptors (Lipinski definition) is 3. The van der Waals surface area contributed by atoms with Gasteiger partial charge >= 0.3 is 0 Å². The molecular formula is C25H32FN3O. The number of piperazine rings is 1. The molecule has 1 fully saturated rings. The highest BCUT2D eigenvalue weighted by atomic mass is 19.1. The average molecular weight is 410 g/mol. The standard InChI is InChI=1S/C25H32FN3O/c1-19-22(23-10-9-21(26)18-24(23)27-19)7-5-12-28-14-16-29(17-15-28)13-11-20-6-3-4-8-25(20)30-2/h3-4,6,8-10,18,27H,5,7,11-17H2,1-2H3. The predicted molar refractivity (Wildman–Crippen MR) is 121 cm³/mol. The molecule has 2 aromatic carbocycles. The molecule has 5 heteroatoms. The van der Waals surface area contributed by atoms with Crippen LogP contribution in [0.3, 0.4) is 0 Å². The highest BCUT2D eigenvalue weighted by Gasteiger charge is 2.17. The number of aromatic nitrogens is 1. The summed E-state index contributed by atoms with van der Waals surface area (Å²) in [6.45, 7) is 8.80. The molecule has 30 heavy (non-hydrogen) atoms. The van der Waals surface area contributed by atoms with Crippen LogP contribution in [0, 0.1) is 12.7 Å². The number of rotatable bonds is 8. The van der Waals surface area contributed by atoms with Crippen molar-refractivity contribution in [3.05, 3.63) is 65.1 Å². The summed E-state index contributed by atoms with van der Waals surface area (Å²) < 4.78 is 18.9. The van der Waals surface area contributed by atoms with E-state index in [4.69, 9.17) is 4.74 Å². The lowest BCUT2D eigenvalue weighted by atomic mass is 10.1. The third-order valence-electron chi connectivity index (χ3n) is 6.34. The number of methoxy groups -OCH3 is 1. The fourth-order valence-corrected chi connectivity index (χ4v) is 4.59. The monoisotopic (exact) mass is 409 g/mol. The summed E-state index contributed by atoms with van der Waals surface area (Å²) in [5, 5.41) is 1.16. The van der Waals surface area contributed by atoms with E-state index in [0.29, 0.717) is 0 Å². The summed E-state index contributed by atoms with van der Waals surface area (Å²) in [4.78, 5) is 8.46. The van der Waals surface area contributed by atoms with Crippen molar-refractivity contribution in [3.8, 4) is 5.75 Å². The van der Waals surface area contributed by atoms with E-state index in [2.05, 4.69) is 33.8 Å². The Morgan fingerprint density at radius 2 is 1.70 bits per heavy atom. The summed E-state index contributed by atoms with van der Waals surface area (Å²) in [6, 6.07) is 13.4. The largest absolute Gasteiger partial charge is 0.496 e. The molecule has 0 unspecified atom stereocenters. The Hall–Kier alpha value is -2.37. The molecule has 0 amide bonds. The Labute approximate surface area is 178 Å². The molecule has 0 spiro atoms. The summed E-state index contributed by atoms with van der Waals surface area (Å²) in [7, 11) is 1.74. The van der Waals surface area contributed by atoms with Crippen LogP contribution in [0.5, 0.6) is 5.75 Å². The SMILES string of the molecule is COc1ccccc1CCN1CCN(CCCc2c(C)[nH]c3cc(F)ccc23)CC1. The van der Waals surface area contributed by atoms with Crippen LogP contribution in [-0.4, -0.2) is 61.2 Å². The first-order valence-corrected chi connectivity index (χ1v) is 11.0. The fourth-order valence-electron chi connectivity index (χ4n) is 4.59. The predicted octanol–water partition coefficient (Wildman–Crippen LogP) is 4.42. The van der Waals surface area contributed by atoms with Crippen LogP contribution in [0.2, 0.25) is 0 Å². The highest BCUT2D eigenvalue weighted by Crippen LogP contribution is 2.24. The van der Waals surface area contributed by atoms with E-state index in [-0.39, 0.29) is 5.82 Å². The van der Waals surface area contributed by atoms with Gasteiger partial charge in [0.15, 0.2) is 0 Å². The van der Waals surface area contributed by atoms with Crippen LogP contribution in [0.25, 0.3) is 10.9 Å². The van der Waals surface area contributed by atoms with Crippen LogP contribution in [-0.2, 0) is 12.8 Å². The van der Waals surface area contributed by atoms with Gasteiger partial charge in [-0.3, -0.25) is 0 Å². The molecule has 160 valence electrons. The molecule has 0 bridgehead atoms. The van der Waals surface area contributed by atoms with Gasteiger partial charge in [0.1, 0.15) is 11.6 Å². The quantitative estimate of drug-likeness (QED) is 0.598. The van der Waals surface area contributed by atoms with E-state index < -0.39 is 0 Å². The smallest absolute Gasteiger partial charge is 0.125 e. The molecule has 2 heterocycles. The van der Waals surface area contributed by atoms with Crippen molar-refractivity contribution in [3.63, 3.8) is 0 Å². The number of aromatic amines is 1. The number of H-pyrrole nitrogens is 1. The topological polar surface area (TPSA) is 31.5 Å². The maximum Gasteiger partial charge on any atom is 0.125 e. The molecule has 1 aliphatic rings. The van der Waals surface area contributed by atoms with Crippen LogP contribution in [0.15, 0.2) is 42.5 Å². The molecule has 0 atom stereocenters. The Morgan fingerprint density at radius 1 is 0.967 bits per heavy atom. The Kier molecular flexibility index (Phi) is 6.70. The Bertz CT molecular complexity index is 976. The Balaban J connectivity index is 1.22. The Morgan fingerprint density at radius 3 is 2.47 bits per heavy atom. The van der Waals surface area contributed by atoms with E-state index in [1.54, 1.807) is 19.2 Å². The second kappa shape index (κ2) is 9.63. The minimum absolute atomic E-state index is 0.182. The third kappa shape index (κ3) is 4.85. The van der Waals surface area contributed by atoms with Gasteiger partial charge < -0.3 is 19.5 Å². The van der Waals surface area contributed by atoms with E-state index in [1.165, 1.54) is 11.1 Å². The van der Waals surface area contributed by atoms with Gasteiger partial charge in [0.05, 0.1) is 7.11 Å². The second-order valence-corrected chi connectivity index (χ2v) is 8.27. The first-order chi connectivity index (χ1) is 14.6. The second-order valence-electron chi connectivity index (χ2n) is 8.27. The first-order valence-electron chi connectivity index (χ1n) is 11.0. The summed E-state index contributed by atoms with van der Waals surface area (Å²) in [6.07, 6.45) is 3.20. The van der Waals surface area contributed by atoms with Gasteiger partial charge in [-0.05, 0) is 68.1 Å². The zero-order valence-electron chi connectivity index (χ0n) is 18.1. The fraction of sp³-hybridized carbons (Fsp3) is 0.440. The van der Waals surface area contributed by atoms with Crippen molar-refractivity contribution in [2.75, 3.05) is 46.4 Å². The number of fused-ring (bicyclic) bond motifs is 1. The maximum absolute atomic E-state index is 13.5. The van der Waals surface area contributed by atoms with Gasteiger partial charge in [-0.25, -0.2) is 4.39 Å². The minimum atomic E-state index is -0.182. The maximum atomic E-state index is 13.5. The average Bonchev–Trinajstić information content (AvgIpc) is 3.07. The molecule has 1 aromatic heterocycles. The number of nitrogens with zero attached hydrogens (tertiary/aromatic N) is 2. The first kappa shape index (κ1) is 20.9. The summed E-state index contributed by atoms with van der Waals surface area (Å²) in [5.74, 6) is 0.810. The van der Waals surface area contributed by atoms with Crippen molar-refractivity contribution >= 4 is 10.9 Å². The van der Waals surface area contributed by atoms with Crippen LogP contribution in [0.1, 0.15) is 23.2 Å². The number of hydrogen-bond donors (Lipinski definition) is 1. The number of halogens is 1. The van der Waals surface area contributed by atoms with Crippen molar-refractivity contribution < 1.29 is 9.13 Å². The molecule has 4 nitrogen and oxygen atoms in total. The number of benzene rings is 2. The molecule has 3 aromatic rings. The van der Waals surface area contributed by atoms with Gasteiger partial charge in [-0.15, -0.1) is 0 Å². The number of aryl methyl sites for hydroxylation is 2. The van der Waals surface area contributed by atoms with E-state index in [0.717, 1.165) is 80.9 Å². The molecule has 1 saturated heterocycles. The number of para-hydroxylation sites is 1. The summed E-state index contributed by atoms with van der Waals surface area (Å²) >= 11 is 0. The van der Waals surface area contributed by atoms with E-state index >= 15 is 0 Å². The van der Waals surface area contributed by atoms with Gasteiger partial charge in [0, 0.05) is 49.3 Å². The zero-order chi connectivity index (χ0) is 20.9. The molecule has 0 aliphatic carbocycles.